The van der Waals surface area contributed by atoms with Crippen molar-refractivity contribution >= 4 is 21.6 Å². The summed E-state index contributed by atoms with van der Waals surface area (Å²) in [7, 11) is -2.04. The molecule has 0 spiro atoms. The predicted octanol–water partition coefficient (Wildman–Crippen LogP) is 2.62. The molecular weight excluding hydrogens is 328 g/mol. The Bertz CT molecular complexity index is 834. The number of hydrogen-bond donors (Lipinski definition) is 1. The van der Waals surface area contributed by atoms with Gasteiger partial charge in [0.25, 0.3) is 0 Å². The second-order valence-corrected chi connectivity index (χ2v) is 7.60. The first-order valence-electron chi connectivity index (χ1n) is 7.30. The number of aryl methyl sites for hydroxylation is 1. The van der Waals surface area contributed by atoms with E-state index in [1.165, 1.54) is 7.05 Å². The third-order valence-electron chi connectivity index (χ3n) is 3.28. The highest BCUT2D eigenvalue weighted by molar-refractivity contribution is 7.88. The van der Waals surface area contributed by atoms with Crippen molar-refractivity contribution in [2.45, 2.75) is 6.92 Å². The number of nitrogens with one attached hydrogen (secondary N) is 1. The molecule has 24 heavy (non-hydrogen) atoms. The Morgan fingerprint density at radius 3 is 2.38 bits per heavy atom. The van der Waals surface area contributed by atoms with Crippen molar-refractivity contribution in [1.82, 2.24) is 4.31 Å². The van der Waals surface area contributed by atoms with Gasteiger partial charge in [-0.05, 0) is 36.8 Å². The molecule has 6 nitrogen and oxygen atoms in total. The van der Waals surface area contributed by atoms with E-state index < -0.39 is 15.9 Å². The lowest BCUT2D eigenvalue weighted by molar-refractivity contribution is -0.116. The lowest BCUT2D eigenvalue weighted by Gasteiger charge is -2.14. The molecule has 1 N–H and O–H groups in total. The maximum atomic E-state index is 11.9. The van der Waals surface area contributed by atoms with Gasteiger partial charge in [0.05, 0.1) is 12.8 Å². The molecule has 0 unspecified atom stereocenters. The van der Waals surface area contributed by atoms with Crippen molar-refractivity contribution in [2.24, 2.45) is 0 Å². The molecule has 128 valence electrons. The third kappa shape index (κ3) is 5.36. The minimum Gasteiger partial charge on any atom is -0.457 e. The van der Waals surface area contributed by atoms with Crippen molar-refractivity contribution in [3.8, 4) is 11.5 Å². The standard InChI is InChI=1S/C17H20N2O4S/c1-13-6-4-8-15(10-13)23-16-9-5-7-14(11-16)18-17(20)12-19(2)24(3,21)22/h4-11H,12H2,1-3H3,(H,18,20). The minimum atomic E-state index is -3.40. The molecule has 2 rings (SSSR count). The third-order valence-corrected chi connectivity index (χ3v) is 4.54. The fourth-order valence-electron chi connectivity index (χ4n) is 1.97. The van der Waals surface area contributed by atoms with Gasteiger partial charge in [0, 0.05) is 18.8 Å². The molecular formula is C17H20N2O4S. The number of likely N-dealkylation sites (N-methyl/N-ethyl adjacent to an activating group) is 1. The van der Waals surface area contributed by atoms with E-state index in [9.17, 15) is 13.2 Å². The first-order chi connectivity index (χ1) is 11.2. The first-order valence-corrected chi connectivity index (χ1v) is 9.14. The van der Waals surface area contributed by atoms with Gasteiger partial charge in [-0.25, -0.2) is 8.42 Å². The number of benzene rings is 2. The number of anilines is 1. The topological polar surface area (TPSA) is 75.7 Å². The molecule has 2 aromatic rings. The molecule has 0 aromatic heterocycles. The smallest absolute Gasteiger partial charge is 0.239 e. The molecule has 0 atom stereocenters. The van der Waals surface area contributed by atoms with Crippen LogP contribution in [0.5, 0.6) is 11.5 Å². The maximum absolute atomic E-state index is 11.9. The van der Waals surface area contributed by atoms with E-state index in [1.54, 1.807) is 24.3 Å². The lowest BCUT2D eigenvalue weighted by atomic mass is 10.2. The number of carbonyl (C=O) groups excluding carboxylic acids is 1. The van der Waals surface area contributed by atoms with Gasteiger partial charge in [-0.2, -0.15) is 4.31 Å². The Hall–Kier alpha value is -2.38. The summed E-state index contributed by atoms with van der Waals surface area (Å²) < 4.78 is 29.4. The average molecular weight is 348 g/mol. The number of hydrogen-bond acceptors (Lipinski definition) is 4. The molecule has 0 aliphatic carbocycles. The second kappa shape index (κ2) is 7.46. The summed E-state index contributed by atoms with van der Waals surface area (Å²) in [6.07, 6.45) is 1.05. The van der Waals surface area contributed by atoms with Crippen molar-refractivity contribution in [3.63, 3.8) is 0 Å². The van der Waals surface area contributed by atoms with E-state index in [0.717, 1.165) is 16.1 Å². The normalized spacial score (nSPS) is 11.3. The fraction of sp³-hybridized carbons (Fsp3) is 0.235. The quantitative estimate of drug-likeness (QED) is 0.871. The van der Waals surface area contributed by atoms with E-state index >= 15 is 0 Å². The zero-order valence-electron chi connectivity index (χ0n) is 13.8. The monoisotopic (exact) mass is 348 g/mol. The molecule has 0 heterocycles. The van der Waals surface area contributed by atoms with Crippen LogP contribution in [0, 0.1) is 6.92 Å². The van der Waals surface area contributed by atoms with Gasteiger partial charge in [0.15, 0.2) is 0 Å². The van der Waals surface area contributed by atoms with Crippen molar-refractivity contribution < 1.29 is 17.9 Å². The van der Waals surface area contributed by atoms with Crippen LogP contribution in [0.15, 0.2) is 48.5 Å². The van der Waals surface area contributed by atoms with Crippen LogP contribution in [0.2, 0.25) is 0 Å². The van der Waals surface area contributed by atoms with Gasteiger partial charge >= 0.3 is 0 Å². The Morgan fingerprint density at radius 2 is 1.75 bits per heavy atom. The highest BCUT2D eigenvalue weighted by Crippen LogP contribution is 2.24. The lowest BCUT2D eigenvalue weighted by Crippen LogP contribution is -2.34. The van der Waals surface area contributed by atoms with Crippen LogP contribution in [0.25, 0.3) is 0 Å². The van der Waals surface area contributed by atoms with Crippen LogP contribution in [-0.2, 0) is 14.8 Å². The molecule has 0 radical (unpaired) electrons. The Labute approximate surface area is 142 Å². The summed E-state index contributed by atoms with van der Waals surface area (Å²) in [5.74, 6) is 0.862. The van der Waals surface area contributed by atoms with Crippen molar-refractivity contribution in [3.05, 3.63) is 54.1 Å². The maximum Gasteiger partial charge on any atom is 0.239 e. The van der Waals surface area contributed by atoms with E-state index in [2.05, 4.69) is 5.32 Å². The van der Waals surface area contributed by atoms with Gasteiger partial charge in [-0.15, -0.1) is 0 Å². The fourth-order valence-corrected chi connectivity index (χ4v) is 2.32. The Morgan fingerprint density at radius 1 is 1.12 bits per heavy atom. The number of carbonyl (C=O) groups is 1. The Balaban J connectivity index is 2.03. The zero-order valence-corrected chi connectivity index (χ0v) is 14.6. The van der Waals surface area contributed by atoms with Gasteiger partial charge < -0.3 is 10.1 Å². The number of amides is 1. The van der Waals surface area contributed by atoms with E-state index in [-0.39, 0.29) is 6.54 Å². The van der Waals surface area contributed by atoms with Crippen LogP contribution < -0.4 is 10.1 Å². The van der Waals surface area contributed by atoms with Gasteiger partial charge in [0.2, 0.25) is 15.9 Å². The number of rotatable bonds is 6. The summed E-state index contributed by atoms with van der Waals surface area (Å²) in [4.78, 5) is 11.9. The van der Waals surface area contributed by atoms with Gasteiger partial charge in [0.1, 0.15) is 11.5 Å². The van der Waals surface area contributed by atoms with E-state index in [0.29, 0.717) is 17.2 Å². The van der Waals surface area contributed by atoms with Crippen LogP contribution in [0.3, 0.4) is 0 Å². The summed E-state index contributed by atoms with van der Waals surface area (Å²) in [5.41, 5.74) is 1.62. The summed E-state index contributed by atoms with van der Waals surface area (Å²) >= 11 is 0. The van der Waals surface area contributed by atoms with Crippen LogP contribution in [0.4, 0.5) is 5.69 Å². The highest BCUT2D eigenvalue weighted by Gasteiger charge is 2.15. The van der Waals surface area contributed by atoms with Crippen LogP contribution in [-0.4, -0.2) is 38.5 Å². The van der Waals surface area contributed by atoms with Crippen LogP contribution >= 0.6 is 0 Å². The van der Waals surface area contributed by atoms with Gasteiger partial charge in [-0.3, -0.25) is 4.79 Å². The molecule has 0 aliphatic rings. The van der Waals surface area contributed by atoms with E-state index in [1.807, 2.05) is 31.2 Å². The largest absolute Gasteiger partial charge is 0.457 e. The molecule has 0 bridgehead atoms. The number of nitrogens with zero attached hydrogens (tertiary/aromatic N) is 1. The summed E-state index contributed by atoms with van der Waals surface area (Å²) in [5, 5.41) is 2.66. The highest BCUT2D eigenvalue weighted by atomic mass is 32.2. The predicted molar refractivity (Wildman–Crippen MR) is 93.8 cm³/mol. The minimum absolute atomic E-state index is 0.248. The molecule has 0 fully saturated rings. The zero-order chi connectivity index (χ0) is 17.7. The SMILES string of the molecule is Cc1cccc(Oc2cccc(NC(=O)CN(C)S(C)(=O)=O)c2)c1. The Kier molecular flexibility index (Phi) is 5.58. The molecule has 0 saturated carbocycles. The molecule has 0 saturated heterocycles. The molecule has 7 heteroatoms. The number of sulfonamides is 1. The first kappa shape index (κ1) is 18.0. The molecule has 0 aliphatic heterocycles. The average Bonchev–Trinajstić information content (AvgIpc) is 2.46. The summed E-state index contributed by atoms with van der Waals surface area (Å²) in [6.45, 7) is 1.73. The number of ether oxygens (including phenoxy) is 1. The van der Waals surface area contributed by atoms with Crippen molar-refractivity contribution in [1.29, 1.82) is 0 Å². The molecule has 2 aromatic carbocycles. The summed E-state index contributed by atoms with van der Waals surface area (Å²) in [6, 6.07) is 14.6. The van der Waals surface area contributed by atoms with E-state index in [4.69, 9.17) is 4.74 Å². The molecule has 1 amide bonds. The van der Waals surface area contributed by atoms with Crippen molar-refractivity contribution in [2.75, 3.05) is 25.2 Å². The second-order valence-electron chi connectivity index (χ2n) is 5.51. The van der Waals surface area contributed by atoms with Gasteiger partial charge in [-0.1, -0.05) is 18.2 Å². The van der Waals surface area contributed by atoms with Crippen LogP contribution in [0.1, 0.15) is 5.56 Å².